The van der Waals surface area contributed by atoms with Gasteiger partial charge in [-0.3, -0.25) is 4.79 Å². The van der Waals surface area contributed by atoms with Crippen LogP contribution in [0.2, 0.25) is 0 Å². The highest BCUT2D eigenvalue weighted by atomic mass is 16.4. The third kappa shape index (κ3) is 3.88. The molecule has 0 aliphatic carbocycles. The summed E-state index contributed by atoms with van der Waals surface area (Å²) >= 11 is 0. The molecule has 1 aromatic rings. The molecule has 0 aliphatic heterocycles. The van der Waals surface area contributed by atoms with Crippen LogP contribution in [0, 0.1) is 4.91 Å². The Morgan fingerprint density at radius 1 is 1.47 bits per heavy atom. The van der Waals surface area contributed by atoms with Crippen molar-refractivity contribution >= 4 is 11.9 Å². The molecule has 0 unspecified atom stereocenters. The summed E-state index contributed by atoms with van der Waals surface area (Å²) < 4.78 is 1.66. The summed E-state index contributed by atoms with van der Waals surface area (Å²) in [5.41, 5.74) is 0. The van der Waals surface area contributed by atoms with E-state index in [1.165, 1.54) is 6.20 Å². The molecule has 0 amide bonds. The number of aryl methyl sites for hydroxylation is 1. The van der Waals surface area contributed by atoms with Crippen molar-refractivity contribution in [3.8, 4) is 0 Å². The number of hydrogen-bond donors (Lipinski definition) is 1. The quantitative estimate of drug-likeness (QED) is 0.551. The second kappa shape index (κ2) is 5.90. The first kappa shape index (κ1) is 11.4. The van der Waals surface area contributed by atoms with Crippen molar-refractivity contribution in [1.29, 1.82) is 0 Å². The van der Waals surface area contributed by atoms with Gasteiger partial charge in [-0.05, 0) is 12.8 Å². The first-order chi connectivity index (χ1) is 7.24. The van der Waals surface area contributed by atoms with Gasteiger partial charge in [0.15, 0.2) is 0 Å². The van der Waals surface area contributed by atoms with Gasteiger partial charge in [-0.25, -0.2) is 4.98 Å². The number of nitrogens with zero attached hydrogens (tertiary/aromatic N) is 3. The van der Waals surface area contributed by atoms with Gasteiger partial charge in [0.2, 0.25) is 0 Å². The number of carbonyl (C=O) groups is 1. The lowest BCUT2D eigenvalue weighted by Gasteiger charge is -2.02. The zero-order chi connectivity index (χ0) is 11.1. The molecular formula is C9H13N3O3. The molecule has 1 rings (SSSR count). The summed E-state index contributed by atoms with van der Waals surface area (Å²) in [4.78, 5) is 24.2. The van der Waals surface area contributed by atoms with Crippen molar-refractivity contribution in [2.75, 3.05) is 0 Å². The fourth-order valence-corrected chi connectivity index (χ4v) is 1.31. The average molecular weight is 211 g/mol. The molecule has 1 N–H and O–H groups in total. The van der Waals surface area contributed by atoms with Crippen molar-refractivity contribution in [3.63, 3.8) is 0 Å². The SMILES string of the molecule is O=Nc1nccn1CCCCCC(=O)O. The van der Waals surface area contributed by atoms with E-state index in [4.69, 9.17) is 5.11 Å². The van der Waals surface area contributed by atoms with Crippen LogP contribution in [-0.4, -0.2) is 20.6 Å². The minimum atomic E-state index is -0.770. The summed E-state index contributed by atoms with van der Waals surface area (Å²) in [7, 11) is 0. The number of carboxylic acids is 1. The fraction of sp³-hybridized carbons (Fsp3) is 0.556. The maximum absolute atomic E-state index is 10.3. The van der Waals surface area contributed by atoms with Gasteiger partial charge in [0.05, 0.1) is 0 Å². The van der Waals surface area contributed by atoms with Crippen molar-refractivity contribution in [2.24, 2.45) is 5.18 Å². The molecule has 0 saturated heterocycles. The third-order valence-electron chi connectivity index (χ3n) is 2.06. The van der Waals surface area contributed by atoms with Crippen LogP contribution in [0.3, 0.4) is 0 Å². The van der Waals surface area contributed by atoms with Crippen LogP contribution in [0.4, 0.5) is 5.95 Å². The lowest BCUT2D eigenvalue weighted by atomic mass is 10.2. The Morgan fingerprint density at radius 2 is 2.27 bits per heavy atom. The standard InChI is InChI=1S/C9H13N3O3/c13-8(14)4-2-1-3-6-12-7-5-10-9(12)11-15/h5,7H,1-4,6H2,(H,13,14). The largest absolute Gasteiger partial charge is 0.481 e. The van der Waals surface area contributed by atoms with Crippen molar-refractivity contribution in [1.82, 2.24) is 9.55 Å². The Bertz CT molecular complexity index is 335. The third-order valence-corrected chi connectivity index (χ3v) is 2.06. The molecule has 82 valence electrons. The zero-order valence-electron chi connectivity index (χ0n) is 8.30. The first-order valence-electron chi connectivity index (χ1n) is 4.80. The van der Waals surface area contributed by atoms with E-state index in [-0.39, 0.29) is 12.4 Å². The number of nitroso groups, excluding NO2 is 1. The number of rotatable bonds is 7. The molecule has 6 nitrogen and oxygen atoms in total. The normalized spacial score (nSPS) is 10.1. The molecule has 0 aromatic carbocycles. The minimum absolute atomic E-state index is 0.174. The number of imidazole rings is 1. The van der Waals surface area contributed by atoms with Gasteiger partial charge in [-0.2, -0.15) is 0 Å². The zero-order valence-corrected chi connectivity index (χ0v) is 8.30. The molecule has 0 fully saturated rings. The Labute approximate surface area is 86.9 Å². The number of unbranched alkanes of at least 4 members (excludes halogenated alkanes) is 2. The summed E-state index contributed by atoms with van der Waals surface area (Å²) in [5.74, 6) is -0.596. The van der Waals surface area contributed by atoms with E-state index in [9.17, 15) is 9.70 Å². The van der Waals surface area contributed by atoms with Crippen LogP contribution in [0.25, 0.3) is 0 Å². The van der Waals surface area contributed by atoms with Crippen LogP contribution in [0.15, 0.2) is 17.6 Å². The monoisotopic (exact) mass is 211 g/mol. The molecule has 0 spiro atoms. The van der Waals surface area contributed by atoms with E-state index < -0.39 is 5.97 Å². The van der Waals surface area contributed by atoms with Crippen LogP contribution in [-0.2, 0) is 11.3 Å². The number of carboxylic acid groups (broad SMARTS) is 1. The van der Waals surface area contributed by atoms with Crippen molar-refractivity contribution < 1.29 is 9.90 Å². The van der Waals surface area contributed by atoms with Gasteiger partial charge >= 0.3 is 5.97 Å². The molecule has 15 heavy (non-hydrogen) atoms. The maximum Gasteiger partial charge on any atom is 0.303 e. The summed E-state index contributed by atoms with van der Waals surface area (Å²) in [5, 5.41) is 11.2. The minimum Gasteiger partial charge on any atom is -0.481 e. The topological polar surface area (TPSA) is 84.5 Å². The lowest BCUT2D eigenvalue weighted by Crippen LogP contribution is -1.97. The van der Waals surface area contributed by atoms with Crippen molar-refractivity contribution in [2.45, 2.75) is 32.2 Å². The molecule has 0 bridgehead atoms. The summed E-state index contributed by atoms with van der Waals surface area (Å²) in [6.07, 6.45) is 5.72. The lowest BCUT2D eigenvalue weighted by molar-refractivity contribution is -0.137. The second-order valence-corrected chi connectivity index (χ2v) is 3.22. The maximum atomic E-state index is 10.3. The van der Waals surface area contributed by atoms with E-state index >= 15 is 0 Å². The molecule has 0 aliphatic rings. The van der Waals surface area contributed by atoms with Crippen LogP contribution in [0.5, 0.6) is 0 Å². The fourth-order valence-electron chi connectivity index (χ4n) is 1.31. The molecule has 1 heterocycles. The predicted molar refractivity (Wildman–Crippen MR) is 53.8 cm³/mol. The summed E-state index contributed by atoms with van der Waals surface area (Å²) in [6.45, 7) is 0.653. The van der Waals surface area contributed by atoms with Gasteiger partial charge in [0.25, 0.3) is 5.95 Å². The Kier molecular flexibility index (Phi) is 4.46. The van der Waals surface area contributed by atoms with Crippen molar-refractivity contribution in [3.05, 3.63) is 17.3 Å². The first-order valence-corrected chi connectivity index (χ1v) is 4.80. The van der Waals surface area contributed by atoms with Gasteiger partial charge in [0.1, 0.15) is 0 Å². The Morgan fingerprint density at radius 3 is 2.93 bits per heavy atom. The number of aromatic nitrogens is 2. The molecule has 6 heteroatoms. The molecule has 0 atom stereocenters. The summed E-state index contributed by atoms with van der Waals surface area (Å²) in [6, 6.07) is 0. The van der Waals surface area contributed by atoms with Gasteiger partial charge < -0.3 is 9.67 Å². The van der Waals surface area contributed by atoms with Crippen LogP contribution in [0.1, 0.15) is 25.7 Å². The molecule has 0 radical (unpaired) electrons. The second-order valence-electron chi connectivity index (χ2n) is 3.22. The highest BCUT2D eigenvalue weighted by molar-refractivity contribution is 5.66. The molecule has 0 saturated carbocycles. The van der Waals surface area contributed by atoms with E-state index in [1.807, 2.05) is 0 Å². The Hall–Kier alpha value is -1.72. The van der Waals surface area contributed by atoms with Gasteiger partial charge in [-0.15, -0.1) is 4.91 Å². The highest BCUT2D eigenvalue weighted by Crippen LogP contribution is 2.10. The number of hydrogen-bond acceptors (Lipinski definition) is 4. The van der Waals surface area contributed by atoms with E-state index in [2.05, 4.69) is 10.2 Å². The smallest absolute Gasteiger partial charge is 0.303 e. The highest BCUT2D eigenvalue weighted by Gasteiger charge is 2.01. The molecule has 1 aromatic heterocycles. The molecular weight excluding hydrogens is 198 g/mol. The van der Waals surface area contributed by atoms with E-state index in [0.29, 0.717) is 13.0 Å². The van der Waals surface area contributed by atoms with Crippen LogP contribution >= 0.6 is 0 Å². The van der Waals surface area contributed by atoms with E-state index in [0.717, 1.165) is 12.8 Å². The average Bonchev–Trinajstić information content (AvgIpc) is 2.64. The Balaban J connectivity index is 2.20. The van der Waals surface area contributed by atoms with Crippen LogP contribution < -0.4 is 0 Å². The van der Waals surface area contributed by atoms with Gasteiger partial charge in [-0.1, -0.05) is 6.42 Å². The predicted octanol–water partition coefficient (Wildman–Crippen LogP) is 1.93. The van der Waals surface area contributed by atoms with E-state index in [1.54, 1.807) is 10.8 Å². The van der Waals surface area contributed by atoms with Gasteiger partial charge in [0, 0.05) is 30.5 Å². The number of aliphatic carboxylic acids is 1.